The van der Waals surface area contributed by atoms with E-state index in [0.717, 1.165) is 12.8 Å². The van der Waals surface area contributed by atoms with Crippen LogP contribution in [0.2, 0.25) is 0 Å². The Kier molecular flexibility index (Phi) is 4.79. The molecule has 0 atom stereocenters. The third-order valence-corrected chi connectivity index (χ3v) is 6.74. The average Bonchev–Trinajstić information content (AvgIpc) is 3.01. The number of rotatable bonds is 3. The van der Waals surface area contributed by atoms with E-state index in [4.69, 9.17) is 0 Å². The van der Waals surface area contributed by atoms with Crippen LogP contribution in [0, 0.1) is 27.7 Å². The number of pyridine rings is 1. The SMILES string of the molecule is CCc1c(C)c2c(CC)c(C)c(C)c(C)c2[n+](C)c1C1=C(C)CCC1. The minimum atomic E-state index is 1.11. The highest BCUT2D eigenvalue weighted by molar-refractivity contribution is 5.90. The number of nitrogens with zero attached hydrogens (tertiary/aromatic N) is 1. The van der Waals surface area contributed by atoms with Gasteiger partial charge in [-0.15, -0.1) is 0 Å². The first-order valence-electron chi connectivity index (χ1n) is 9.97. The van der Waals surface area contributed by atoms with Crippen molar-refractivity contribution in [1.82, 2.24) is 0 Å². The fourth-order valence-electron chi connectivity index (χ4n) is 5.14. The summed E-state index contributed by atoms with van der Waals surface area (Å²) in [7, 11) is 2.30. The van der Waals surface area contributed by atoms with Crippen LogP contribution in [0.5, 0.6) is 0 Å². The summed E-state index contributed by atoms with van der Waals surface area (Å²) in [5.74, 6) is 0. The molecule has 3 rings (SSSR count). The van der Waals surface area contributed by atoms with Gasteiger partial charge in [0.05, 0.1) is 5.39 Å². The van der Waals surface area contributed by atoms with E-state index in [1.54, 1.807) is 22.3 Å². The molecule has 0 aliphatic heterocycles. The number of benzene rings is 1. The molecule has 0 fully saturated rings. The summed E-state index contributed by atoms with van der Waals surface area (Å²) < 4.78 is 2.53. The molecule has 0 saturated heterocycles. The van der Waals surface area contributed by atoms with Crippen LogP contribution in [0.1, 0.15) is 79.1 Å². The Morgan fingerprint density at radius 1 is 0.760 bits per heavy atom. The van der Waals surface area contributed by atoms with Crippen LogP contribution in [-0.2, 0) is 19.9 Å². The van der Waals surface area contributed by atoms with Crippen LogP contribution in [0.15, 0.2) is 5.57 Å². The van der Waals surface area contributed by atoms with Crippen LogP contribution in [0.25, 0.3) is 16.5 Å². The van der Waals surface area contributed by atoms with Crippen LogP contribution in [0.3, 0.4) is 0 Å². The first kappa shape index (κ1) is 18.2. The highest BCUT2D eigenvalue weighted by Crippen LogP contribution is 2.38. The lowest BCUT2D eigenvalue weighted by Gasteiger charge is -2.20. The second-order valence-electron chi connectivity index (χ2n) is 7.91. The van der Waals surface area contributed by atoms with Crippen molar-refractivity contribution in [3.8, 4) is 0 Å². The highest BCUT2D eigenvalue weighted by Gasteiger charge is 2.30. The zero-order chi connectivity index (χ0) is 18.5. The van der Waals surface area contributed by atoms with Gasteiger partial charge in [-0.3, -0.25) is 0 Å². The fourth-order valence-corrected chi connectivity index (χ4v) is 5.14. The Bertz CT molecular complexity index is 897. The third-order valence-electron chi connectivity index (χ3n) is 6.74. The van der Waals surface area contributed by atoms with E-state index >= 15 is 0 Å². The van der Waals surface area contributed by atoms with Gasteiger partial charge in [-0.1, -0.05) is 19.4 Å². The molecule has 1 aromatic carbocycles. The van der Waals surface area contributed by atoms with Crippen molar-refractivity contribution in [1.29, 1.82) is 0 Å². The number of hydrogen-bond acceptors (Lipinski definition) is 0. The summed E-state index contributed by atoms with van der Waals surface area (Å²) >= 11 is 0. The Morgan fingerprint density at radius 2 is 1.40 bits per heavy atom. The van der Waals surface area contributed by atoms with Crippen molar-refractivity contribution in [2.24, 2.45) is 7.05 Å². The van der Waals surface area contributed by atoms with Crippen molar-refractivity contribution < 1.29 is 4.57 Å². The lowest BCUT2D eigenvalue weighted by Crippen LogP contribution is -2.37. The zero-order valence-corrected chi connectivity index (χ0v) is 17.5. The Labute approximate surface area is 153 Å². The van der Waals surface area contributed by atoms with Gasteiger partial charge in [0.15, 0.2) is 0 Å². The molecule has 1 aromatic heterocycles. The maximum atomic E-state index is 2.53. The maximum absolute atomic E-state index is 2.53. The fraction of sp³-hybridized carbons (Fsp3) is 0.542. The predicted octanol–water partition coefficient (Wildman–Crippen LogP) is 5.98. The Hall–Kier alpha value is -1.63. The Balaban J connectivity index is 2.58. The summed E-state index contributed by atoms with van der Waals surface area (Å²) in [6, 6.07) is 0. The molecule has 1 aliphatic carbocycles. The van der Waals surface area contributed by atoms with Gasteiger partial charge in [-0.05, 0) is 89.0 Å². The summed E-state index contributed by atoms with van der Waals surface area (Å²) in [6.07, 6.45) is 6.03. The van der Waals surface area contributed by atoms with E-state index in [1.807, 2.05) is 0 Å². The van der Waals surface area contributed by atoms with Gasteiger partial charge in [0.25, 0.3) is 0 Å². The van der Waals surface area contributed by atoms with Crippen molar-refractivity contribution in [2.75, 3.05) is 0 Å². The van der Waals surface area contributed by atoms with E-state index < -0.39 is 0 Å². The molecule has 1 nitrogen and oxygen atoms in total. The molecular formula is C24H34N+. The lowest BCUT2D eigenvalue weighted by atomic mass is 9.86. The average molecular weight is 337 g/mol. The normalized spacial score (nSPS) is 14.9. The number of hydrogen-bond donors (Lipinski definition) is 0. The van der Waals surface area contributed by atoms with E-state index in [2.05, 4.69) is 60.1 Å². The van der Waals surface area contributed by atoms with Crippen LogP contribution >= 0.6 is 0 Å². The number of fused-ring (bicyclic) bond motifs is 1. The summed E-state index contributed by atoms with van der Waals surface area (Å²) in [4.78, 5) is 0. The highest BCUT2D eigenvalue weighted by atomic mass is 14.9. The molecule has 0 amide bonds. The second kappa shape index (κ2) is 6.59. The van der Waals surface area contributed by atoms with Gasteiger partial charge in [-0.25, -0.2) is 0 Å². The van der Waals surface area contributed by atoms with Gasteiger partial charge >= 0.3 is 0 Å². The Morgan fingerprint density at radius 3 is 1.92 bits per heavy atom. The zero-order valence-electron chi connectivity index (χ0n) is 17.5. The van der Waals surface area contributed by atoms with Crippen molar-refractivity contribution in [2.45, 2.75) is 80.6 Å². The molecule has 134 valence electrons. The monoisotopic (exact) mass is 336 g/mol. The molecule has 2 aromatic rings. The van der Waals surface area contributed by atoms with E-state index in [-0.39, 0.29) is 0 Å². The molecular weight excluding hydrogens is 302 g/mol. The van der Waals surface area contributed by atoms with Gasteiger partial charge in [0.2, 0.25) is 11.2 Å². The molecule has 0 saturated carbocycles. The molecule has 0 unspecified atom stereocenters. The minimum Gasteiger partial charge on any atom is -0.194 e. The first-order chi connectivity index (χ1) is 11.8. The number of allylic oxidation sites excluding steroid dienone is 2. The summed E-state index contributed by atoms with van der Waals surface area (Å²) in [6.45, 7) is 16.3. The summed E-state index contributed by atoms with van der Waals surface area (Å²) in [5, 5.41) is 1.52. The molecule has 1 heterocycles. The van der Waals surface area contributed by atoms with Crippen molar-refractivity contribution in [3.05, 3.63) is 44.6 Å². The topological polar surface area (TPSA) is 3.88 Å². The molecule has 25 heavy (non-hydrogen) atoms. The van der Waals surface area contributed by atoms with Gasteiger partial charge in [0, 0.05) is 16.7 Å². The van der Waals surface area contributed by atoms with Crippen molar-refractivity contribution in [3.63, 3.8) is 0 Å². The molecule has 0 spiro atoms. The van der Waals surface area contributed by atoms with E-state index in [1.165, 1.54) is 58.1 Å². The van der Waals surface area contributed by atoms with Gasteiger partial charge in [-0.2, -0.15) is 4.57 Å². The first-order valence-corrected chi connectivity index (χ1v) is 9.97. The smallest absolute Gasteiger partial charge is 0.194 e. The second-order valence-corrected chi connectivity index (χ2v) is 7.91. The quantitative estimate of drug-likeness (QED) is 0.607. The standard InChI is InChI=1S/C24H34N/c1-9-19-16(5)15(4)17(6)23-22(19)18(7)20(10-2)24(25(23)8)21-13-11-12-14(21)3/h9-13H2,1-8H3/q+1. The van der Waals surface area contributed by atoms with Crippen molar-refractivity contribution >= 4 is 16.5 Å². The van der Waals surface area contributed by atoms with E-state index in [0.29, 0.717) is 0 Å². The lowest BCUT2D eigenvalue weighted by molar-refractivity contribution is -0.648. The number of aromatic nitrogens is 1. The maximum Gasteiger partial charge on any atom is 0.216 e. The van der Waals surface area contributed by atoms with Gasteiger partial charge in [0.1, 0.15) is 7.05 Å². The molecule has 0 bridgehead atoms. The summed E-state index contributed by atoms with van der Waals surface area (Å²) in [5.41, 5.74) is 15.2. The van der Waals surface area contributed by atoms with Crippen LogP contribution in [-0.4, -0.2) is 0 Å². The van der Waals surface area contributed by atoms with E-state index in [9.17, 15) is 0 Å². The molecule has 0 N–H and O–H groups in total. The molecule has 1 aliphatic rings. The minimum absolute atomic E-state index is 1.11. The largest absolute Gasteiger partial charge is 0.216 e. The molecule has 0 radical (unpaired) electrons. The van der Waals surface area contributed by atoms with Crippen LogP contribution in [0.4, 0.5) is 0 Å². The van der Waals surface area contributed by atoms with Crippen LogP contribution < -0.4 is 4.57 Å². The molecule has 1 heteroatoms. The van der Waals surface area contributed by atoms with Gasteiger partial charge < -0.3 is 0 Å². The number of aryl methyl sites for hydroxylation is 4. The predicted molar refractivity (Wildman–Crippen MR) is 109 cm³/mol. The third kappa shape index (κ3) is 2.55.